The van der Waals surface area contributed by atoms with E-state index in [1.807, 2.05) is 26.0 Å². The highest BCUT2D eigenvalue weighted by Gasteiger charge is 2.29. The third-order valence-electron chi connectivity index (χ3n) is 3.30. The van der Waals surface area contributed by atoms with Gasteiger partial charge in [-0.25, -0.2) is 0 Å². The number of benzene rings is 1. The number of amides is 1. The Morgan fingerprint density at radius 3 is 2.65 bits per heavy atom. The molecule has 20 heavy (non-hydrogen) atoms. The first-order valence-electron chi connectivity index (χ1n) is 6.48. The minimum Gasteiger partial charge on any atom is -0.399 e. The molecule has 1 heterocycles. The van der Waals surface area contributed by atoms with Crippen LogP contribution in [0.3, 0.4) is 0 Å². The molecule has 106 valence electrons. The van der Waals surface area contributed by atoms with Crippen molar-refractivity contribution < 1.29 is 4.79 Å². The monoisotopic (exact) mass is 273 g/mol. The van der Waals surface area contributed by atoms with Crippen LogP contribution in [-0.4, -0.2) is 27.4 Å². The SMILES string of the molecule is CC(C)(C(=O)NCCn1ccnn1)c1ccc(N)cc1. The predicted octanol–water partition coefficient (Wildman–Crippen LogP) is 0.954. The number of nitrogens with two attached hydrogens (primary N) is 1. The fourth-order valence-corrected chi connectivity index (χ4v) is 1.89. The molecule has 1 aromatic carbocycles. The first-order valence-corrected chi connectivity index (χ1v) is 6.48. The molecular weight excluding hydrogens is 254 g/mol. The maximum Gasteiger partial charge on any atom is 0.230 e. The Hall–Kier alpha value is -2.37. The Labute approximate surface area is 118 Å². The Morgan fingerprint density at radius 2 is 2.05 bits per heavy atom. The number of carbonyl (C=O) groups excluding carboxylic acids is 1. The lowest BCUT2D eigenvalue weighted by molar-refractivity contribution is -0.125. The smallest absolute Gasteiger partial charge is 0.230 e. The second-order valence-electron chi connectivity index (χ2n) is 5.17. The third kappa shape index (κ3) is 3.14. The molecule has 6 nitrogen and oxygen atoms in total. The number of aromatic nitrogens is 3. The van der Waals surface area contributed by atoms with Gasteiger partial charge in [-0.15, -0.1) is 5.10 Å². The zero-order valence-electron chi connectivity index (χ0n) is 11.7. The van der Waals surface area contributed by atoms with Crippen LogP contribution in [0.2, 0.25) is 0 Å². The van der Waals surface area contributed by atoms with Crippen molar-refractivity contribution in [3.63, 3.8) is 0 Å². The van der Waals surface area contributed by atoms with Crippen molar-refractivity contribution in [2.24, 2.45) is 0 Å². The molecule has 0 radical (unpaired) electrons. The summed E-state index contributed by atoms with van der Waals surface area (Å²) >= 11 is 0. The highest BCUT2D eigenvalue weighted by molar-refractivity contribution is 5.87. The van der Waals surface area contributed by atoms with Gasteiger partial charge in [-0.3, -0.25) is 9.48 Å². The molecule has 1 amide bonds. The van der Waals surface area contributed by atoms with Crippen LogP contribution in [0, 0.1) is 0 Å². The lowest BCUT2D eigenvalue weighted by Crippen LogP contribution is -2.41. The van der Waals surface area contributed by atoms with Gasteiger partial charge < -0.3 is 11.1 Å². The predicted molar refractivity (Wildman–Crippen MR) is 76.9 cm³/mol. The van der Waals surface area contributed by atoms with Crippen LogP contribution >= 0.6 is 0 Å². The largest absolute Gasteiger partial charge is 0.399 e. The highest BCUT2D eigenvalue weighted by Crippen LogP contribution is 2.24. The summed E-state index contributed by atoms with van der Waals surface area (Å²) in [6.07, 6.45) is 3.37. The van der Waals surface area contributed by atoms with Gasteiger partial charge in [-0.2, -0.15) is 0 Å². The van der Waals surface area contributed by atoms with Gasteiger partial charge in [-0.1, -0.05) is 17.3 Å². The first-order chi connectivity index (χ1) is 9.50. The summed E-state index contributed by atoms with van der Waals surface area (Å²) in [5, 5.41) is 10.5. The molecular formula is C14H19N5O. The van der Waals surface area contributed by atoms with E-state index in [2.05, 4.69) is 15.6 Å². The van der Waals surface area contributed by atoms with Gasteiger partial charge in [0.15, 0.2) is 0 Å². The van der Waals surface area contributed by atoms with E-state index in [-0.39, 0.29) is 5.91 Å². The van der Waals surface area contributed by atoms with Gasteiger partial charge >= 0.3 is 0 Å². The van der Waals surface area contributed by atoms with E-state index < -0.39 is 5.41 Å². The maximum atomic E-state index is 12.3. The molecule has 0 saturated carbocycles. The van der Waals surface area contributed by atoms with E-state index >= 15 is 0 Å². The van der Waals surface area contributed by atoms with Gasteiger partial charge in [0, 0.05) is 18.4 Å². The molecule has 2 aromatic rings. The molecule has 0 aliphatic rings. The molecule has 2 rings (SSSR count). The highest BCUT2D eigenvalue weighted by atomic mass is 16.2. The van der Waals surface area contributed by atoms with Crippen molar-refractivity contribution in [2.45, 2.75) is 25.8 Å². The molecule has 0 aliphatic heterocycles. The zero-order chi connectivity index (χ0) is 14.6. The molecule has 0 bridgehead atoms. The number of rotatable bonds is 5. The molecule has 6 heteroatoms. The zero-order valence-corrected chi connectivity index (χ0v) is 11.7. The molecule has 0 unspecified atom stereocenters. The van der Waals surface area contributed by atoms with Gasteiger partial charge in [0.1, 0.15) is 0 Å². The average Bonchev–Trinajstić information content (AvgIpc) is 2.92. The van der Waals surface area contributed by atoms with Crippen LogP contribution in [0.1, 0.15) is 19.4 Å². The van der Waals surface area contributed by atoms with Crippen molar-refractivity contribution in [1.29, 1.82) is 0 Å². The molecule has 0 aliphatic carbocycles. The van der Waals surface area contributed by atoms with Gasteiger partial charge in [0.25, 0.3) is 0 Å². The van der Waals surface area contributed by atoms with E-state index in [9.17, 15) is 4.79 Å². The number of carbonyl (C=O) groups is 1. The third-order valence-corrected chi connectivity index (χ3v) is 3.30. The number of nitrogens with one attached hydrogen (secondary N) is 1. The second-order valence-corrected chi connectivity index (χ2v) is 5.17. The Bertz CT molecular complexity index is 560. The van der Waals surface area contributed by atoms with Crippen LogP contribution in [0.25, 0.3) is 0 Å². The summed E-state index contributed by atoms with van der Waals surface area (Å²) < 4.78 is 1.68. The maximum absolute atomic E-state index is 12.3. The minimum absolute atomic E-state index is 0.0256. The summed E-state index contributed by atoms with van der Waals surface area (Å²) in [4.78, 5) is 12.3. The summed E-state index contributed by atoms with van der Waals surface area (Å²) in [6, 6.07) is 7.37. The summed E-state index contributed by atoms with van der Waals surface area (Å²) in [7, 11) is 0. The van der Waals surface area contributed by atoms with Crippen LogP contribution in [0.5, 0.6) is 0 Å². The molecule has 0 spiro atoms. The Kier molecular flexibility index (Phi) is 4.02. The summed E-state index contributed by atoms with van der Waals surface area (Å²) in [6.45, 7) is 4.90. The van der Waals surface area contributed by atoms with Crippen molar-refractivity contribution in [3.05, 3.63) is 42.2 Å². The second kappa shape index (κ2) is 5.73. The molecule has 0 saturated heterocycles. The van der Waals surface area contributed by atoms with Gasteiger partial charge in [0.2, 0.25) is 5.91 Å². The van der Waals surface area contributed by atoms with Crippen molar-refractivity contribution in [2.75, 3.05) is 12.3 Å². The van der Waals surface area contributed by atoms with E-state index in [1.165, 1.54) is 0 Å². The number of nitrogens with zero attached hydrogens (tertiary/aromatic N) is 3. The van der Waals surface area contributed by atoms with Crippen molar-refractivity contribution in [1.82, 2.24) is 20.3 Å². The summed E-state index contributed by atoms with van der Waals surface area (Å²) in [5.74, 6) is -0.0256. The van der Waals surface area contributed by atoms with E-state index in [1.54, 1.807) is 29.2 Å². The van der Waals surface area contributed by atoms with Crippen LogP contribution in [0.15, 0.2) is 36.7 Å². The van der Waals surface area contributed by atoms with Crippen molar-refractivity contribution in [3.8, 4) is 0 Å². The number of hydrogen-bond donors (Lipinski definition) is 2. The Balaban J connectivity index is 1.94. The van der Waals surface area contributed by atoms with E-state index in [0.717, 1.165) is 5.56 Å². The number of anilines is 1. The normalized spacial score (nSPS) is 11.3. The van der Waals surface area contributed by atoms with Crippen LogP contribution < -0.4 is 11.1 Å². The minimum atomic E-state index is -0.601. The summed E-state index contributed by atoms with van der Waals surface area (Å²) in [5.41, 5.74) is 6.69. The molecule has 0 atom stereocenters. The lowest BCUT2D eigenvalue weighted by atomic mass is 9.83. The van der Waals surface area contributed by atoms with Crippen LogP contribution in [-0.2, 0) is 16.8 Å². The molecule has 1 aromatic heterocycles. The lowest BCUT2D eigenvalue weighted by Gasteiger charge is -2.24. The van der Waals surface area contributed by atoms with Crippen molar-refractivity contribution >= 4 is 11.6 Å². The number of hydrogen-bond acceptors (Lipinski definition) is 4. The fourth-order valence-electron chi connectivity index (χ4n) is 1.89. The quantitative estimate of drug-likeness (QED) is 0.794. The van der Waals surface area contributed by atoms with E-state index in [4.69, 9.17) is 5.73 Å². The van der Waals surface area contributed by atoms with Gasteiger partial charge in [-0.05, 0) is 31.5 Å². The molecule has 0 fully saturated rings. The molecule has 3 N–H and O–H groups in total. The average molecular weight is 273 g/mol. The van der Waals surface area contributed by atoms with Gasteiger partial charge in [0.05, 0.1) is 18.2 Å². The number of nitrogen functional groups attached to an aromatic ring is 1. The first kappa shape index (κ1) is 14.0. The topological polar surface area (TPSA) is 85.8 Å². The Morgan fingerprint density at radius 1 is 1.35 bits per heavy atom. The standard InChI is InChI=1S/C14H19N5O/c1-14(2,11-3-5-12(15)6-4-11)13(20)16-7-9-19-10-8-17-18-19/h3-6,8,10H,7,9,15H2,1-2H3,(H,16,20). The van der Waals surface area contributed by atoms with Crippen LogP contribution in [0.4, 0.5) is 5.69 Å². The van der Waals surface area contributed by atoms with E-state index in [0.29, 0.717) is 18.8 Å². The fraction of sp³-hybridized carbons (Fsp3) is 0.357.